The van der Waals surface area contributed by atoms with Crippen molar-refractivity contribution in [1.82, 2.24) is 19.6 Å². The zero-order chi connectivity index (χ0) is 27.8. The average molecular weight is 526 g/mol. The van der Waals surface area contributed by atoms with Crippen molar-refractivity contribution >= 4 is 23.2 Å². The Morgan fingerprint density at radius 3 is 2.45 bits per heavy atom. The van der Waals surface area contributed by atoms with Gasteiger partial charge in [0.25, 0.3) is 0 Å². The molecule has 0 spiro atoms. The van der Waals surface area contributed by atoms with E-state index in [-0.39, 0.29) is 23.7 Å². The molecule has 0 saturated carbocycles. The molecule has 0 aliphatic carbocycles. The van der Waals surface area contributed by atoms with Crippen molar-refractivity contribution in [3.05, 3.63) is 66.1 Å². The molecule has 0 atom stereocenters. The van der Waals surface area contributed by atoms with Gasteiger partial charge in [0, 0.05) is 28.4 Å². The predicted octanol–water partition coefficient (Wildman–Crippen LogP) is 5.34. The molecule has 8 nitrogen and oxygen atoms in total. The van der Waals surface area contributed by atoms with Crippen LogP contribution in [0.3, 0.4) is 0 Å². The molecule has 0 bridgehead atoms. The van der Waals surface area contributed by atoms with Gasteiger partial charge in [-0.2, -0.15) is 18.3 Å². The standard InChI is InChI=1S/C27H26F3N5O3/c1-16-8-9-17(13-21(16)34(15-23(36)38-5)25(37)26(2,3)4)20-14-35-22(32-20)11-10-19(33-35)18-7-6-12-31-24(18)27(28,29)30/h6-14H,15H2,1-5H3. The minimum absolute atomic E-state index is 0.0893. The number of pyridine rings is 1. The van der Waals surface area contributed by atoms with Crippen LogP contribution < -0.4 is 4.90 Å². The topological polar surface area (TPSA) is 89.7 Å². The first-order valence-electron chi connectivity index (χ1n) is 11.7. The van der Waals surface area contributed by atoms with Gasteiger partial charge in [0.15, 0.2) is 11.3 Å². The monoisotopic (exact) mass is 525 g/mol. The number of carbonyl (C=O) groups is 2. The number of benzene rings is 1. The number of alkyl halides is 3. The summed E-state index contributed by atoms with van der Waals surface area (Å²) < 4.78 is 46.6. The lowest BCUT2D eigenvalue weighted by molar-refractivity contribution is -0.141. The number of esters is 1. The number of aromatic nitrogens is 4. The minimum atomic E-state index is -4.63. The summed E-state index contributed by atoms with van der Waals surface area (Å²) in [6, 6.07) is 11.1. The van der Waals surface area contributed by atoms with E-state index in [0.29, 0.717) is 22.6 Å². The van der Waals surface area contributed by atoms with E-state index in [4.69, 9.17) is 4.74 Å². The second-order valence-corrected chi connectivity index (χ2v) is 9.76. The molecule has 4 aromatic rings. The van der Waals surface area contributed by atoms with E-state index < -0.39 is 23.3 Å². The van der Waals surface area contributed by atoms with Gasteiger partial charge in [-0.25, -0.2) is 9.50 Å². The molecule has 0 unspecified atom stereocenters. The lowest BCUT2D eigenvalue weighted by atomic mass is 9.93. The summed E-state index contributed by atoms with van der Waals surface area (Å²) >= 11 is 0. The van der Waals surface area contributed by atoms with Crippen molar-refractivity contribution in [2.24, 2.45) is 5.41 Å². The minimum Gasteiger partial charge on any atom is -0.468 e. The van der Waals surface area contributed by atoms with Gasteiger partial charge in [-0.15, -0.1) is 0 Å². The average Bonchev–Trinajstić information content (AvgIpc) is 3.29. The number of anilines is 1. The van der Waals surface area contributed by atoms with Crippen LogP contribution in [0.1, 0.15) is 32.0 Å². The summed E-state index contributed by atoms with van der Waals surface area (Å²) in [4.78, 5) is 34.8. The fourth-order valence-electron chi connectivity index (χ4n) is 3.93. The van der Waals surface area contributed by atoms with Gasteiger partial charge in [0.1, 0.15) is 6.54 Å². The molecular weight excluding hydrogens is 499 g/mol. The van der Waals surface area contributed by atoms with Crippen molar-refractivity contribution in [2.45, 2.75) is 33.9 Å². The number of nitrogens with zero attached hydrogens (tertiary/aromatic N) is 5. The zero-order valence-corrected chi connectivity index (χ0v) is 21.5. The Morgan fingerprint density at radius 2 is 1.79 bits per heavy atom. The molecule has 0 N–H and O–H groups in total. The Labute approximate surface area is 217 Å². The number of fused-ring (bicyclic) bond motifs is 1. The summed E-state index contributed by atoms with van der Waals surface area (Å²) in [7, 11) is 1.26. The third-order valence-electron chi connectivity index (χ3n) is 5.87. The number of ether oxygens (including phenoxy) is 1. The van der Waals surface area contributed by atoms with Gasteiger partial charge in [-0.1, -0.05) is 32.9 Å². The highest BCUT2D eigenvalue weighted by Gasteiger charge is 2.36. The molecule has 0 radical (unpaired) electrons. The van der Waals surface area contributed by atoms with E-state index >= 15 is 0 Å². The van der Waals surface area contributed by atoms with Crippen molar-refractivity contribution in [3.8, 4) is 22.5 Å². The van der Waals surface area contributed by atoms with Crippen LogP contribution in [0.2, 0.25) is 0 Å². The van der Waals surface area contributed by atoms with Crippen LogP contribution in [-0.4, -0.2) is 45.1 Å². The van der Waals surface area contributed by atoms with E-state index in [0.717, 1.165) is 11.8 Å². The molecule has 1 aromatic carbocycles. The van der Waals surface area contributed by atoms with Gasteiger partial charge in [-0.3, -0.25) is 14.6 Å². The first kappa shape index (κ1) is 26.8. The van der Waals surface area contributed by atoms with Crippen LogP contribution in [0.4, 0.5) is 18.9 Å². The Kier molecular flexibility index (Phi) is 6.96. The predicted molar refractivity (Wildman–Crippen MR) is 135 cm³/mol. The maximum absolute atomic E-state index is 13.5. The van der Waals surface area contributed by atoms with Gasteiger partial charge in [0.2, 0.25) is 5.91 Å². The molecule has 3 aromatic heterocycles. The molecule has 198 valence electrons. The summed E-state index contributed by atoms with van der Waals surface area (Å²) in [5.74, 6) is -0.827. The van der Waals surface area contributed by atoms with Gasteiger partial charge in [-0.05, 0) is 42.8 Å². The molecule has 0 aliphatic rings. The van der Waals surface area contributed by atoms with Crippen molar-refractivity contribution in [3.63, 3.8) is 0 Å². The summed E-state index contributed by atoms with van der Waals surface area (Å²) in [6.45, 7) is 6.84. The third-order valence-corrected chi connectivity index (χ3v) is 5.87. The number of halogens is 3. The van der Waals surface area contributed by atoms with E-state index in [2.05, 4.69) is 15.1 Å². The number of imidazole rings is 1. The smallest absolute Gasteiger partial charge is 0.434 e. The Balaban J connectivity index is 1.77. The van der Waals surface area contributed by atoms with Crippen molar-refractivity contribution < 1.29 is 27.5 Å². The van der Waals surface area contributed by atoms with E-state index in [1.807, 2.05) is 13.0 Å². The molecule has 0 aliphatic heterocycles. The molecule has 0 fully saturated rings. The Morgan fingerprint density at radius 1 is 1.05 bits per heavy atom. The normalized spacial score (nSPS) is 12.0. The second-order valence-electron chi connectivity index (χ2n) is 9.76. The number of rotatable bonds is 5. The van der Waals surface area contributed by atoms with E-state index in [1.165, 1.54) is 34.7 Å². The van der Waals surface area contributed by atoms with E-state index in [9.17, 15) is 22.8 Å². The fourth-order valence-corrected chi connectivity index (χ4v) is 3.93. The van der Waals surface area contributed by atoms with Crippen LogP contribution >= 0.6 is 0 Å². The number of hydrogen-bond donors (Lipinski definition) is 0. The Hall–Kier alpha value is -4.28. The van der Waals surface area contributed by atoms with Crippen LogP contribution in [0.15, 0.2) is 54.9 Å². The van der Waals surface area contributed by atoms with Gasteiger partial charge < -0.3 is 9.64 Å². The van der Waals surface area contributed by atoms with Gasteiger partial charge in [0.05, 0.1) is 24.7 Å². The first-order valence-corrected chi connectivity index (χ1v) is 11.7. The number of methoxy groups -OCH3 is 1. The SMILES string of the molecule is COC(=O)CN(C(=O)C(C)(C)C)c1cc(-c2cn3nc(-c4cccnc4C(F)(F)F)ccc3n2)ccc1C. The molecule has 11 heteroatoms. The first-order chi connectivity index (χ1) is 17.8. The highest BCUT2D eigenvalue weighted by atomic mass is 19.4. The largest absolute Gasteiger partial charge is 0.468 e. The van der Waals surface area contributed by atoms with Crippen LogP contribution in [0.25, 0.3) is 28.2 Å². The number of hydrogen-bond acceptors (Lipinski definition) is 6. The third kappa shape index (κ3) is 5.36. The van der Waals surface area contributed by atoms with Crippen molar-refractivity contribution in [2.75, 3.05) is 18.6 Å². The quantitative estimate of drug-likeness (QED) is 0.327. The lowest BCUT2D eigenvalue weighted by Gasteiger charge is -2.30. The second kappa shape index (κ2) is 9.88. The maximum Gasteiger partial charge on any atom is 0.434 e. The highest BCUT2D eigenvalue weighted by molar-refractivity contribution is 6.01. The van der Waals surface area contributed by atoms with Crippen LogP contribution in [0.5, 0.6) is 0 Å². The molecule has 3 heterocycles. The maximum atomic E-state index is 13.5. The number of aryl methyl sites for hydroxylation is 1. The van der Waals surface area contributed by atoms with E-state index in [1.54, 1.807) is 45.2 Å². The molecule has 38 heavy (non-hydrogen) atoms. The zero-order valence-electron chi connectivity index (χ0n) is 21.5. The summed E-state index contributed by atoms with van der Waals surface area (Å²) in [6.07, 6.45) is -1.96. The number of carbonyl (C=O) groups excluding carboxylic acids is 2. The highest BCUT2D eigenvalue weighted by Crippen LogP contribution is 2.35. The molecule has 0 saturated heterocycles. The lowest BCUT2D eigenvalue weighted by Crippen LogP contribution is -2.43. The van der Waals surface area contributed by atoms with Crippen LogP contribution in [0, 0.1) is 12.3 Å². The summed E-state index contributed by atoms with van der Waals surface area (Å²) in [5.41, 5.74) is 0.970. The summed E-state index contributed by atoms with van der Waals surface area (Å²) in [5, 5.41) is 4.34. The number of amides is 1. The fraction of sp³-hybridized carbons (Fsp3) is 0.296. The Bertz CT molecular complexity index is 1520. The van der Waals surface area contributed by atoms with Gasteiger partial charge >= 0.3 is 12.1 Å². The molecular formula is C27H26F3N5O3. The van der Waals surface area contributed by atoms with Crippen molar-refractivity contribution in [1.29, 1.82) is 0 Å². The van der Waals surface area contributed by atoms with Crippen LogP contribution in [-0.2, 0) is 20.5 Å². The molecule has 4 rings (SSSR count). The molecule has 1 amide bonds.